The van der Waals surface area contributed by atoms with E-state index >= 15 is 0 Å². The first-order valence-electron chi connectivity index (χ1n) is 8.93. The topological polar surface area (TPSA) is 55.5 Å². The minimum absolute atomic E-state index is 0.000196. The molecule has 1 aliphatic rings. The molecule has 136 valence electrons. The molecular weight excluding hydrogens is 406 g/mol. The summed E-state index contributed by atoms with van der Waals surface area (Å²) in [5, 5.41) is 5.62. The molecular formula is C20H18BrN5O. The molecule has 5 rings (SSSR count). The van der Waals surface area contributed by atoms with Crippen molar-refractivity contribution in [3.05, 3.63) is 64.4 Å². The summed E-state index contributed by atoms with van der Waals surface area (Å²) >= 11 is 3.49. The van der Waals surface area contributed by atoms with E-state index in [0.29, 0.717) is 6.61 Å². The zero-order valence-corrected chi connectivity index (χ0v) is 16.4. The molecule has 6 nitrogen and oxygen atoms in total. The Bertz CT molecular complexity index is 1120. The number of aromatic nitrogens is 4. The molecule has 27 heavy (non-hydrogen) atoms. The fourth-order valence-corrected chi connectivity index (χ4v) is 3.82. The molecule has 1 saturated heterocycles. The van der Waals surface area contributed by atoms with Crippen LogP contribution in [0.2, 0.25) is 0 Å². The van der Waals surface area contributed by atoms with E-state index in [2.05, 4.69) is 43.0 Å². The van der Waals surface area contributed by atoms with Gasteiger partial charge in [0.1, 0.15) is 11.9 Å². The minimum atomic E-state index is -0.000196. The van der Waals surface area contributed by atoms with Crippen LogP contribution in [0.3, 0.4) is 0 Å². The van der Waals surface area contributed by atoms with E-state index in [1.807, 2.05) is 47.8 Å². The largest absolute Gasteiger partial charge is 0.370 e. The van der Waals surface area contributed by atoms with E-state index in [4.69, 9.17) is 9.72 Å². The highest BCUT2D eigenvalue weighted by Gasteiger charge is 2.26. The van der Waals surface area contributed by atoms with Crippen LogP contribution in [0.4, 0.5) is 5.95 Å². The number of hydrogen-bond donors (Lipinski definition) is 0. The van der Waals surface area contributed by atoms with Crippen LogP contribution in [0.5, 0.6) is 0 Å². The predicted octanol–water partition coefficient (Wildman–Crippen LogP) is 3.93. The van der Waals surface area contributed by atoms with Gasteiger partial charge >= 0.3 is 0 Å². The van der Waals surface area contributed by atoms with Gasteiger partial charge in [0.05, 0.1) is 18.7 Å². The van der Waals surface area contributed by atoms with E-state index in [1.54, 1.807) is 0 Å². The van der Waals surface area contributed by atoms with Gasteiger partial charge in [-0.05, 0) is 36.8 Å². The van der Waals surface area contributed by atoms with Gasteiger partial charge in [0.15, 0.2) is 5.65 Å². The fraction of sp³-hybridized carbons (Fsp3) is 0.250. The van der Waals surface area contributed by atoms with Crippen LogP contribution in [-0.4, -0.2) is 39.3 Å². The van der Waals surface area contributed by atoms with Gasteiger partial charge in [0.25, 0.3) is 0 Å². The van der Waals surface area contributed by atoms with Crippen molar-refractivity contribution >= 4 is 38.4 Å². The first-order chi connectivity index (χ1) is 13.2. The van der Waals surface area contributed by atoms with E-state index in [1.165, 1.54) is 0 Å². The lowest BCUT2D eigenvalue weighted by molar-refractivity contribution is 0.0391. The van der Waals surface area contributed by atoms with E-state index in [0.717, 1.165) is 51.4 Å². The number of rotatable bonds is 2. The van der Waals surface area contributed by atoms with Gasteiger partial charge < -0.3 is 9.64 Å². The summed E-state index contributed by atoms with van der Waals surface area (Å²) in [6, 6.07) is 16.4. The minimum Gasteiger partial charge on any atom is -0.370 e. The number of para-hydroxylation sites is 1. The highest BCUT2D eigenvalue weighted by molar-refractivity contribution is 9.10. The molecule has 3 heterocycles. The molecule has 0 N–H and O–H groups in total. The second-order valence-corrected chi connectivity index (χ2v) is 7.60. The summed E-state index contributed by atoms with van der Waals surface area (Å²) < 4.78 is 8.96. The van der Waals surface area contributed by atoms with Gasteiger partial charge in [-0.1, -0.05) is 40.2 Å². The molecule has 2 aromatic carbocycles. The monoisotopic (exact) mass is 423 g/mol. The average Bonchev–Trinajstić information content (AvgIpc) is 3.10. The summed E-state index contributed by atoms with van der Waals surface area (Å²) in [5.74, 6) is 1.56. The third kappa shape index (κ3) is 2.96. The number of morpholine rings is 1. The molecule has 7 heteroatoms. The predicted molar refractivity (Wildman–Crippen MR) is 108 cm³/mol. The second kappa shape index (κ2) is 6.58. The first kappa shape index (κ1) is 16.6. The smallest absolute Gasteiger partial charge is 0.229 e. The Balaban J connectivity index is 1.58. The van der Waals surface area contributed by atoms with Gasteiger partial charge in [-0.2, -0.15) is 4.52 Å². The Morgan fingerprint density at radius 3 is 2.74 bits per heavy atom. The maximum Gasteiger partial charge on any atom is 0.229 e. The number of hydrogen-bond acceptors (Lipinski definition) is 5. The number of fused-ring (bicyclic) bond motifs is 3. The maximum atomic E-state index is 6.03. The molecule has 1 aliphatic heterocycles. The Hall–Kier alpha value is -2.51. The van der Waals surface area contributed by atoms with Gasteiger partial charge in [0, 0.05) is 16.4 Å². The molecule has 0 radical (unpaired) electrons. The SMILES string of the molecule is Cc1nc2c3ccccc3nc(N3CCOC(c4ccc(Br)cc4)C3)n2n1. The number of benzene rings is 2. The van der Waals surface area contributed by atoms with Crippen LogP contribution in [0.1, 0.15) is 17.5 Å². The lowest BCUT2D eigenvalue weighted by atomic mass is 10.1. The molecule has 2 aromatic heterocycles. The summed E-state index contributed by atoms with van der Waals surface area (Å²) in [6.45, 7) is 4.05. The molecule has 0 bridgehead atoms. The molecule has 0 spiro atoms. The van der Waals surface area contributed by atoms with Crippen molar-refractivity contribution < 1.29 is 4.74 Å². The van der Waals surface area contributed by atoms with Crippen molar-refractivity contribution in [2.24, 2.45) is 0 Å². The molecule has 0 amide bonds. The number of halogens is 1. The van der Waals surface area contributed by atoms with Crippen molar-refractivity contribution in [2.45, 2.75) is 13.0 Å². The van der Waals surface area contributed by atoms with Crippen molar-refractivity contribution in [2.75, 3.05) is 24.6 Å². The molecule has 1 atom stereocenters. The highest BCUT2D eigenvalue weighted by atomic mass is 79.9. The van der Waals surface area contributed by atoms with Gasteiger partial charge in [0.2, 0.25) is 5.95 Å². The van der Waals surface area contributed by atoms with Crippen LogP contribution in [-0.2, 0) is 4.74 Å². The summed E-state index contributed by atoms with van der Waals surface area (Å²) in [5.41, 5.74) is 2.94. The molecule has 1 unspecified atom stereocenters. The van der Waals surface area contributed by atoms with Crippen LogP contribution in [0.15, 0.2) is 53.0 Å². The molecule has 0 aliphatic carbocycles. The zero-order valence-electron chi connectivity index (χ0n) is 14.8. The molecule has 1 fully saturated rings. The van der Waals surface area contributed by atoms with Crippen LogP contribution >= 0.6 is 15.9 Å². The van der Waals surface area contributed by atoms with Gasteiger partial charge in [-0.15, -0.1) is 5.10 Å². The van der Waals surface area contributed by atoms with Crippen molar-refractivity contribution in [1.29, 1.82) is 0 Å². The lowest BCUT2D eigenvalue weighted by Crippen LogP contribution is -2.40. The summed E-state index contributed by atoms with van der Waals surface area (Å²) in [6.07, 6.45) is -0.000196. The zero-order chi connectivity index (χ0) is 18.4. The number of aryl methyl sites for hydroxylation is 1. The van der Waals surface area contributed by atoms with Crippen molar-refractivity contribution in [3.8, 4) is 0 Å². The van der Waals surface area contributed by atoms with Crippen LogP contribution < -0.4 is 4.90 Å². The number of anilines is 1. The third-order valence-electron chi connectivity index (χ3n) is 4.86. The van der Waals surface area contributed by atoms with Gasteiger partial charge in [-0.3, -0.25) is 0 Å². The second-order valence-electron chi connectivity index (χ2n) is 6.68. The third-order valence-corrected chi connectivity index (χ3v) is 5.39. The Labute approximate surface area is 164 Å². The average molecular weight is 424 g/mol. The van der Waals surface area contributed by atoms with Gasteiger partial charge in [-0.25, -0.2) is 9.97 Å². The fourth-order valence-electron chi connectivity index (χ4n) is 3.56. The lowest BCUT2D eigenvalue weighted by Gasteiger charge is -2.33. The van der Waals surface area contributed by atoms with E-state index in [9.17, 15) is 0 Å². The molecule has 0 saturated carbocycles. The first-order valence-corrected chi connectivity index (χ1v) is 9.72. The number of ether oxygens (including phenoxy) is 1. The molecule has 4 aromatic rings. The normalized spacial score (nSPS) is 17.7. The summed E-state index contributed by atoms with van der Waals surface area (Å²) in [4.78, 5) is 11.8. The van der Waals surface area contributed by atoms with E-state index in [-0.39, 0.29) is 6.10 Å². The van der Waals surface area contributed by atoms with Crippen molar-refractivity contribution in [1.82, 2.24) is 19.6 Å². The van der Waals surface area contributed by atoms with Crippen LogP contribution in [0.25, 0.3) is 16.6 Å². The van der Waals surface area contributed by atoms with Crippen LogP contribution in [0, 0.1) is 6.92 Å². The maximum absolute atomic E-state index is 6.03. The summed E-state index contributed by atoms with van der Waals surface area (Å²) in [7, 11) is 0. The highest BCUT2D eigenvalue weighted by Crippen LogP contribution is 2.28. The number of nitrogens with zero attached hydrogens (tertiary/aromatic N) is 5. The quantitative estimate of drug-likeness (QED) is 0.488. The van der Waals surface area contributed by atoms with Crippen molar-refractivity contribution in [3.63, 3.8) is 0 Å². The standard InChI is InChI=1S/C20H18BrN5O/c1-13-22-19-16-4-2-3-5-17(16)23-20(26(19)24-13)25-10-11-27-18(12-25)14-6-8-15(21)9-7-14/h2-9,18H,10-12H2,1H3. The Morgan fingerprint density at radius 1 is 1.07 bits per heavy atom. The Kier molecular flexibility index (Phi) is 4.06. The Morgan fingerprint density at radius 2 is 1.89 bits per heavy atom. The van der Waals surface area contributed by atoms with E-state index < -0.39 is 0 Å².